The molecule has 5 atom stereocenters. The third kappa shape index (κ3) is 8.07. The van der Waals surface area contributed by atoms with Gasteiger partial charge in [0.25, 0.3) is 0 Å². The summed E-state index contributed by atoms with van der Waals surface area (Å²) in [6.45, 7) is 11.1. The molecule has 0 saturated heterocycles. The van der Waals surface area contributed by atoms with Crippen LogP contribution in [-0.2, 0) is 25.7 Å². The summed E-state index contributed by atoms with van der Waals surface area (Å²) in [5, 5.41) is 22.7. The Morgan fingerprint density at radius 2 is 2.03 bits per heavy atom. The summed E-state index contributed by atoms with van der Waals surface area (Å²) in [6, 6.07) is 0. The van der Waals surface area contributed by atoms with Gasteiger partial charge in [-0.05, 0) is 50.7 Å². The van der Waals surface area contributed by atoms with Gasteiger partial charge in [0.15, 0.2) is 0 Å². The number of ketones is 1. The van der Waals surface area contributed by atoms with Gasteiger partial charge in [-0.2, -0.15) is 0 Å². The van der Waals surface area contributed by atoms with Crippen LogP contribution >= 0.6 is 11.3 Å². The van der Waals surface area contributed by atoms with Gasteiger partial charge < -0.3 is 19.7 Å². The first-order chi connectivity index (χ1) is 16.9. The van der Waals surface area contributed by atoms with Crippen molar-refractivity contribution in [3.8, 4) is 0 Å². The highest BCUT2D eigenvalue weighted by Gasteiger charge is 2.43. The zero-order chi connectivity index (χ0) is 27.0. The second kappa shape index (κ2) is 13.6. The fraction of sp³-hybridized carbons (Fsp3) is 0.679. The van der Waals surface area contributed by atoms with Gasteiger partial charge >= 0.3 is 5.97 Å². The molecule has 0 fully saturated rings. The minimum absolute atomic E-state index is 0.0220. The summed E-state index contributed by atoms with van der Waals surface area (Å²) in [5.74, 6) is -1.17. The van der Waals surface area contributed by atoms with Crippen LogP contribution in [0.1, 0.15) is 84.3 Å². The van der Waals surface area contributed by atoms with Crippen LogP contribution in [0.15, 0.2) is 22.6 Å². The number of rotatable bonds is 4. The number of aromatic nitrogens is 1. The van der Waals surface area contributed by atoms with Crippen molar-refractivity contribution in [1.29, 1.82) is 0 Å². The van der Waals surface area contributed by atoms with E-state index in [2.05, 4.69) is 18.0 Å². The largest absolute Gasteiger partial charge is 0.457 e. The Morgan fingerprint density at radius 3 is 2.64 bits per heavy atom. The van der Waals surface area contributed by atoms with E-state index in [-0.39, 0.29) is 24.7 Å². The highest BCUT2D eigenvalue weighted by Crippen LogP contribution is 2.34. The maximum atomic E-state index is 13.4. The summed E-state index contributed by atoms with van der Waals surface area (Å²) in [7, 11) is 1.49. The smallest absolute Gasteiger partial charge is 0.309 e. The Bertz CT molecular complexity index is 950. The maximum absolute atomic E-state index is 13.4. The first-order valence-corrected chi connectivity index (χ1v) is 13.6. The Kier molecular flexibility index (Phi) is 11.5. The van der Waals surface area contributed by atoms with Crippen molar-refractivity contribution < 1.29 is 29.3 Å². The summed E-state index contributed by atoms with van der Waals surface area (Å²) in [5.41, 5.74) is 1.77. The lowest BCUT2D eigenvalue weighted by Crippen LogP contribution is -2.46. The number of carbonyl (C=O) groups excluding carboxylic acids is 2. The van der Waals surface area contributed by atoms with Crippen LogP contribution in [0.5, 0.6) is 0 Å². The number of allylic oxidation sites excluding steroid dienone is 1. The maximum Gasteiger partial charge on any atom is 0.309 e. The Morgan fingerprint density at radius 1 is 1.33 bits per heavy atom. The van der Waals surface area contributed by atoms with Crippen molar-refractivity contribution in [2.24, 2.45) is 17.3 Å². The van der Waals surface area contributed by atoms with Gasteiger partial charge in [-0.15, -0.1) is 11.3 Å². The van der Waals surface area contributed by atoms with Gasteiger partial charge in [0.1, 0.15) is 16.9 Å². The Balaban J connectivity index is 2.37. The number of esters is 1. The van der Waals surface area contributed by atoms with Gasteiger partial charge in [-0.25, -0.2) is 4.98 Å². The highest BCUT2D eigenvalue weighted by atomic mass is 32.1. The number of carbonyl (C=O) groups is 2. The molecule has 0 aromatic carbocycles. The molecule has 2 heterocycles. The molecule has 2 rings (SSSR count). The van der Waals surface area contributed by atoms with Gasteiger partial charge in [-0.1, -0.05) is 39.3 Å². The average Bonchev–Trinajstić information content (AvgIpc) is 3.30. The molecule has 2 N–H and O–H groups in total. The molecule has 7 nitrogen and oxygen atoms in total. The highest BCUT2D eigenvalue weighted by molar-refractivity contribution is 7.09. The first-order valence-electron chi connectivity index (χ1n) is 12.7. The van der Waals surface area contributed by atoms with Crippen molar-refractivity contribution in [2.75, 3.05) is 7.11 Å². The predicted molar refractivity (Wildman–Crippen MR) is 142 cm³/mol. The monoisotopic (exact) mass is 521 g/mol. The molecular weight excluding hydrogens is 478 g/mol. The van der Waals surface area contributed by atoms with Crippen molar-refractivity contribution in [1.82, 2.24) is 4.98 Å². The lowest BCUT2D eigenvalue weighted by molar-refractivity contribution is -0.155. The van der Waals surface area contributed by atoms with E-state index in [0.29, 0.717) is 17.1 Å². The molecule has 1 aliphatic rings. The first kappa shape index (κ1) is 30.4. The van der Waals surface area contributed by atoms with E-state index in [9.17, 15) is 19.8 Å². The molecule has 8 heteroatoms. The number of methoxy groups -OCH3 is 1. The lowest BCUT2D eigenvalue weighted by atomic mass is 9.73. The molecule has 0 amide bonds. The van der Waals surface area contributed by atoms with E-state index in [4.69, 9.17) is 9.47 Å². The molecule has 36 heavy (non-hydrogen) atoms. The summed E-state index contributed by atoms with van der Waals surface area (Å²) >= 11 is 1.38. The predicted octanol–water partition coefficient (Wildman–Crippen LogP) is 5.10. The summed E-state index contributed by atoms with van der Waals surface area (Å²) < 4.78 is 11.5. The molecule has 1 aromatic heterocycles. The quantitative estimate of drug-likeness (QED) is 0.419. The molecule has 1 aliphatic heterocycles. The van der Waals surface area contributed by atoms with Crippen molar-refractivity contribution in [3.63, 3.8) is 0 Å². The van der Waals surface area contributed by atoms with Crippen LogP contribution in [0, 0.1) is 17.3 Å². The van der Waals surface area contributed by atoms with E-state index in [1.807, 2.05) is 25.3 Å². The van der Waals surface area contributed by atoms with E-state index < -0.39 is 35.6 Å². The van der Waals surface area contributed by atoms with Gasteiger partial charge in [-0.3, -0.25) is 9.59 Å². The van der Waals surface area contributed by atoms with E-state index in [0.717, 1.165) is 24.8 Å². The Labute approximate surface area is 219 Å². The molecule has 0 aliphatic carbocycles. The van der Waals surface area contributed by atoms with Crippen molar-refractivity contribution >= 4 is 29.2 Å². The zero-order valence-corrected chi connectivity index (χ0v) is 23.6. The number of cyclic esters (lactones) is 1. The molecule has 0 radical (unpaired) electrons. The van der Waals surface area contributed by atoms with Crippen LogP contribution in [-0.4, -0.2) is 52.4 Å². The van der Waals surface area contributed by atoms with E-state index in [1.165, 1.54) is 24.0 Å². The number of thiazole rings is 1. The molecule has 0 saturated carbocycles. The van der Waals surface area contributed by atoms with E-state index >= 15 is 0 Å². The molecule has 1 aromatic rings. The minimum atomic E-state index is -0.983. The van der Waals surface area contributed by atoms with Crippen LogP contribution < -0.4 is 0 Å². The topological polar surface area (TPSA) is 106 Å². The van der Waals surface area contributed by atoms with Crippen LogP contribution in [0.25, 0.3) is 6.08 Å². The molecular formula is C28H43NO6S. The lowest BCUT2D eigenvalue weighted by Gasteiger charge is -2.36. The summed E-state index contributed by atoms with van der Waals surface area (Å²) in [4.78, 5) is 30.9. The number of hydrogen-bond donors (Lipinski definition) is 2. The SMILES string of the molecule is CO[C@H]1CC(=O)O[C@H](/C(C)=C/c2csc(CO)n2)C/C=C(/C)CCC[C@H](C)[C@H](O)[C@@H](C)C(=O)C1(C)C. The minimum Gasteiger partial charge on any atom is -0.457 e. The molecule has 0 spiro atoms. The zero-order valence-electron chi connectivity index (χ0n) is 22.7. The van der Waals surface area contributed by atoms with Crippen LogP contribution in [0.2, 0.25) is 0 Å². The van der Waals surface area contributed by atoms with Crippen LogP contribution in [0.4, 0.5) is 0 Å². The van der Waals surface area contributed by atoms with Crippen molar-refractivity contribution in [3.05, 3.63) is 33.3 Å². The van der Waals surface area contributed by atoms with Gasteiger partial charge in [0.2, 0.25) is 0 Å². The second-order valence-electron chi connectivity index (χ2n) is 10.6. The fourth-order valence-corrected chi connectivity index (χ4v) is 5.40. The standard InChI is InChI=1S/C28H43NO6S/c1-17-9-8-10-18(2)26(32)20(4)27(33)28(5,6)23(34-7)14-25(31)35-22(12-11-17)19(3)13-21-16-36-24(15-30)29-21/h11,13,16,18,20,22-23,26,30,32H,8-10,12,14-15H2,1-7H3/b17-11-,19-13+/t18-,20+,22-,23-,26-/m0/s1. The average molecular weight is 522 g/mol. The number of Topliss-reactive ketones (excluding diaryl/α,β-unsaturated/α-hetero) is 1. The Hall–Kier alpha value is -1.87. The molecule has 0 bridgehead atoms. The number of aliphatic hydroxyl groups excluding tert-OH is 2. The van der Waals surface area contributed by atoms with E-state index in [1.54, 1.807) is 20.8 Å². The third-order valence-electron chi connectivity index (χ3n) is 7.36. The third-order valence-corrected chi connectivity index (χ3v) is 8.21. The van der Waals surface area contributed by atoms with Crippen molar-refractivity contribution in [2.45, 2.75) is 98.6 Å². The number of ether oxygens (including phenoxy) is 2. The summed E-state index contributed by atoms with van der Waals surface area (Å²) in [6.07, 6.45) is 5.06. The van der Waals surface area contributed by atoms with Gasteiger partial charge in [0.05, 0.1) is 36.3 Å². The van der Waals surface area contributed by atoms with Crippen LogP contribution in [0.3, 0.4) is 0 Å². The number of nitrogens with zero attached hydrogens (tertiary/aromatic N) is 1. The normalized spacial score (nSPS) is 31.0. The molecule has 202 valence electrons. The second-order valence-corrected chi connectivity index (χ2v) is 11.6. The fourth-order valence-electron chi connectivity index (χ4n) is 4.79. The number of aliphatic hydroxyl groups is 2. The van der Waals surface area contributed by atoms with Gasteiger partial charge in [0, 0.05) is 24.8 Å². The molecule has 0 unspecified atom stereocenters. The number of hydrogen-bond acceptors (Lipinski definition) is 8.